The Balaban J connectivity index is 0.000000151. The number of aromatic hydroxyl groups is 1. The molecule has 0 aromatic heterocycles. The van der Waals surface area contributed by atoms with Gasteiger partial charge in [0.25, 0.3) is 11.8 Å². The molecule has 5 heteroatoms. The number of benzene rings is 2. The predicted molar refractivity (Wildman–Crippen MR) is 75.5 cm³/mol. The Morgan fingerprint density at radius 3 is 2.00 bits per heavy atom. The summed E-state index contributed by atoms with van der Waals surface area (Å²) in [7, 11) is 0. The molecule has 2 aromatic rings. The number of phenols is 1. The van der Waals surface area contributed by atoms with Gasteiger partial charge in [0.2, 0.25) is 0 Å². The van der Waals surface area contributed by atoms with Gasteiger partial charge in [-0.25, -0.2) is 0 Å². The standard InChI is InChI=1S/C8H5NO2.C7H9NO/c10-7-5-3-1-2-4-6(5)8(11)9-7;1-5-4-6(8)2-3-7(5)9/h1-4H,(H,9,10,11);2-4,9H,8H2,1H3. The van der Waals surface area contributed by atoms with E-state index in [9.17, 15) is 9.59 Å². The molecule has 0 saturated carbocycles. The van der Waals surface area contributed by atoms with Crippen LogP contribution in [0.5, 0.6) is 5.75 Å². The maximum atomic E-state index is 10.9. The fraction of sp³-hybridized carbons (Fsp3) is 0.0667. The van der Waals surface area contributed by atoms with Crippen molar-refractivity contribution in [2.75, 3.05) is 5.73 Å². The average Bonchev–Trinajstić information content (AvgIpc) is 2.71. The van der Waals surface area contributed by atoms with Gasteiger partial charge in [-0.05, 0) is 42.8 Å². The molecule has 1 aliphatic rings. The van der Waals surface area contributed by atoms with E-state index in [0.717, 1.165) is 5.56 Å². The quantitative estimate of drug-likeness (QED) is 0.387. The van der Waals surface area contributed by atoms with Crippen molar-refractivity contribution < 1.29 is 14.7 Å². The molecule has 0 aliphatic carbocycles. The number of amides is 2. The molecule has 0 atom stereocenters. The van der Waals surface area contributed by atoms with Gasteiger partial charge in [-0.1, -0.05) is 12.1 Å². The third-order valence-electron chi connectivity index (χ3n) is 2.86. The van der Waals surface area contributed by atoms with Crippen molar-refractivity contribution in [3.05, 3.63) is 59.2 Å². The van der Waals surface area contributed by atoms with Crippen LogP contribution in [0.2, 0.25) is 0 Å². The zero-order chi connectivity index (χ0) is 14.7. The van der Waals surface area contributed by atoms with Crippen LogP contribution in [0.15, 0.2) is 42.5 Å². The number of anilines is 1. The number of nitrogen functional groups attached to an aromatic ring is 1. The molecule has 0 spiro atoms. The van der Waals surface area contributed by atoms with Crippen molar-refractivity contribution >= 4 is 17.5 Å². The van der Waals surface area contributed by atoms with Crippen LogP contribution < -0.4 is 11.1 Å². The number of carbonyl (C=O) groups excluding carboxylic acids is 2. The second-order valence-electron chi connectivity index (χ2n) is 4.37. The molecule has 0 saturated heterocycles. The van der Waals surface area contributed by atoms with Crippen LogP contribution in [0.1, 0.15) is 26.3 Å². The molecule has 20 heavy (non-hydrogen) atoms. The van der Waals surface area contributed by atoms with Gasteiger partial charge in [-0.3, -0.25) is 14.9 Å². The highest BCUT2D eigenvalue weighted by atomic mass is 16.3. The van der Waals surface area contributed by atoms with Crippen LogP contribution in [0.4, 0.5) is 5.69 Å². The van der Waals surface area contributed by atoms with E-state index in [0.29, 0.717) is 22.6 Å². The van der Waals surface area contributed by atoms with E-state index >= 15 is 0 Å². The van der Waals surface area contributed by atoms with Gasteiger partial charge in [0.1, 0.15) is 5.75 Å². The summed E-state index contributed by atoms with van der Waals surface area (Å²) in [6, 6.07) is 11.7. The van der Waals surface area contributed by atoms with E-state index < -0.39 is 0 Å². The monoisotopic (exact) mass is 270 g/mol. The van der Waals surface area contributed by atoms with Crippen molar-refractivity contribution in [1.29, 1.82) is 0 Å². The lowest BCUT2D eigenvalue weighted by Gasteiger charge is -1.97. The zero-order valence-electron chi connectivity index (χ0n) is 10.9. The van der Waals surface area contributed by atoms with Crippen molar-refractivity contribution in [3.8, 4) is 5.75 Å². The third kappa shape index (κ3) is 2.77. The fourth-order valence-corrected chi connectivity index (χ4v) is 1.80. The van der Waals surface area contributed by atoms with Gasteiger partial charge < -0.3 is 10.8 Å². The number of phenolic OH excluding ortho intramolecular Hbond substituents is 1. The van der Waals surface area contributed by atoms with E-state index in [1.807, 2.05) is 6.92 Å². The number of nitrogens with one attached hydrogen (secondary N) is 1. The Labute approximate surface area is 116 Å². The Bertz CT molecular complexity index is 648. The summed E-state index contributed by atoms with van der Waals surface area (Å²) in [5, 5.41) is 11.2. The van der Waals surface area contributed by atoms with Crippen molar-refractivity contribution in [1.82, 2.24) is 5.32 Å². The number of imide groups is 1. The molecular weight excluding hydrogens is 256 g/mol. The average molecular weight is 270 g/mol. The topological polar surface area (TPSA) is 92.4 Å². The fourth-order valence-electron chi connectivity index (χ4n) is 1.80. The van der Waals surface area contributed by atoms with Gasteiger partial charge in [0, 0.05) is 5.69 Å². The number of aryl methyl sites for hydroxylation is 1. The summed E-state index contributed by atoms with van der Waals surface area (Å²) in [5.41, 5.74) is 7.86. The minimum atomic E-state index is -0.300. The minimum Gasteiger partial charge on any atom is -0.508 e. The lowest BCUT2D eigenvalue weighted by molar-refractivity contribution is 0.0879. The van der Waals surface area contributed by atoms with Crippen molar-refractivity contribution in [2.45, 2.75) is 6.92 Å². The van der Waals surface area contributed by atoms with Gasteiger partial charge in [0.15, 0.2) is 0 Å². The lowest BCUT2D eigenvalue weighted by Crippen LogP contribution is -2.19. The molecule has 1 aliphatic heterocycles. The highest BCUT2D eigenvalue weighted by Gasteiger charge is 2.25. The van der Waals surface area contributed by atoms with Crippen LogP contribution in [-0.4, -0.2) is 16.9 Å². The van der Waals surface area contributed by atoms with Crippen molar-refractivity contribution in [2.24, 2.45) is 0 Å². The van der Waals surface area contributed by atoms with Crippen LogP contribution in [0.25, 0.3) is 0 Å². The Kier molecular flexibility index (Phi) is 3.70. The smallest absolute Gasteiger partial charge is 0.258 e. The normalized spacial score (nSPS) is 12.2. The van der Waals surface area contributed by atoms with E-state index in [4.69, 9.17) is 10.8 Å². The maximum Gasteiger partial charge on any atom is 0.258 e. The van der Waals surface area contributed by atoms with Gasteiger partial charge in [0.05, 0.1) is 11.1 Å². The number of hydrogen-bond donors (Lipinski definition) is 3. The van der Waals surface area contributed by atoms with Crippen LogP contribution in [0.3, 0.4) is 0 Å². The van der Waals surface area contributed by atoms with Crippen molar-refractivity contribution in [3.63, 3.8) is 0 Å². The summed E-state index contributed by atoms with van der Waals surface area (Å²) in [4.78, 5) is 21.9. The molecule has 1 heterocycles. The first-order valence-corrected chi connectivity index (χ1v) is 5.99. The zero-order valence-corrected chi connectivity index (χ0v) is 10.9. The number of hydrogen-bond acceptors (Lipinski definition) is 4. The van der Waals surface area contributed by atoms with Crippen LogP contribution in [0, 0.1) is 6.92 Å². The van der Waals surface area contributed by atoms with Crippen LogP contribution in [-0.2, 0) is 0 Å². The highest BCUT2D eigenvalue weighted by Crippen LogP contribution is 2.17. The summed E-state index contributed by atoms with van der Waals surface area (Å²) in [6.45, 7) is 1.81. The number of nitrogens with two attached hydrogens (primary N) is 1. The van der Waals surface area contributed by atoms with Gasteiger partial charge in [-0.15, -0.1) is 0 Å². The number of rotatable bonds is 0. The second-order valence-corrected chi connectivity index (χ2v) is 4.37. The van der Waals surface area contributed by atoms with E-state index in [1.165, 1.54) is 0 Å². The summed E-state index contributed by atoms with van der Waals surface area (Å²) in [6.07, 6.45) is 0. The minimum absolute atomic E-state index is 0.296. The molecule has 102 valence electrons. The Hall–Kier alpha value is -2.82. The second kappa shape index (κ2) is 5.44. The Morgan fingerprint density at radius 1 is 1.00 bits per heavy atom. The summed E-state index contributed by atoms with van der Waals surface area (Å²) >= 11 is 0. The molecule has 3 rings (SSSR count). The SMILES string of the molecule is Cc1cc(N)ccc1O.O=C1NC(=O)c2ccccc21. The molecule has 2 aromatic carbocycles. The van der Waals surface area contributed by atoms with Gasteiger partial charge >= 0.3 is 0 Å². The summed E-state index contributed by atoms with van der Waals surface area (Å²) in [5.74, 6) is -0.305. The van der Waals surface area contributed by atoms with E-state index in [2.05, 4.69) is 5.32 Å². The molecule has 5 nitrogen and oxygen atoms in total. The molecular formula is C15H14N2O3. The molecule has 0 bridgehead atoms. The predicted octanol–water partition coefficient (Wildman–Crippen LogP) is 1.85. The number of fused-ring (bicyclic) bond motifs is 1. The molecule has 2 amide bonds. The molecule has 0 unspecified atom stereocenters. The molecule has 0 radical (unpaired) electrons. The van der Waals surface area contributed by atoms with Gasteiger partial charge in [-0.2, -0.15) is 0 Å². The first-order valence-electron chi connectivity index (χ1n) is 5.99. The van der Waals surface area contributed by atoms with Crippen LogP contribution >= 0.6 is 0 Å². The third-order valence-corrected chi connectivity index (χ3v) is 2.86. The molecule has 4 N–H and O–H groups in total. The molecule has 0 fully saturated rings. The van der Waals surface area contributed by atoms with E-state index in [-0.39, 0.29) is 11.8 Å². The summed E-state index contributed by atoms with van der Waals surface area (Å²) < 4.78 is 0. The maximum absolute atomic E-state index is 10.9. The first-order chi connectivity index (χ1) is 9.49. The highest BCUT2D eigenvalue weighted by molar-refractivity contribution is 6.21. The van der Waals surface area contributed by atoms with E-state index in [1.54, 1.807) is 42.5 Å². The number of carbonyl (C=O) groups is 2. The Morgan fingerprint density at radius 2 is 1.55 bits per heavy atom. The first kappa shape index (κ1) is 13.6. The lowest BCUT2D eigenvalue weighted by atomic mass is 10.1. The largest absolute Gasteiger partial charge is 0.508 e.